The minimum Gasteiger partial charge on any atom is -0.384 e. The fourth-order valence-corrected chi connectivity index (χ4v) is 1.59. The first-order chi connectivity index (χ1) is 7.99. The van der Waals surface area contributed by atoms with Gasteiger partial charge in [-0.1, -0.05) is 13.8 Å². The highest BCUT2D eigenvalue weighted by atomic mass is 16.2. The van der Waals surface area contributed by atoms with Crippen molar-refractivity contribution in [2.45, 2.75) is 39.7 Å². The lowest BCUT2D eigenvalue weighted by molar-refractivity contribution is 0.0740. The second-order valence-electron chi connectivity index (χ2n) is 4.30. The molecule has 1 atom stereocenters. The smallest absolute Gasteiger partial charge is 0.254 e. The van der Waals surface area contributed by atoms with E-state index in [1.54, 1.807) is 11.0 Å². The van der Waals surface area contributed by atoms with Crippen molar-refractivity contribution in [2.24, 2.45) is 0 Å². The van der Waals surface area contributed by atoms with Gasteiger partial charge in [-0.2, -0.15) is 0 Å². The number of nitrogens with zero attached hydrogens (tertiary/aromatic N) is 2. The molecule has 4 nitrogen and oxygen atoms in total. The van der Waals surface area contributed by atoms with E-state index in [9.17, 15) is 4.79 Å². The van der Waals surface area contributed by atoms with Crippen LogP contribution in [0, 0.1) is 0 Å². The van der Waals surface area contributed by atoms with Gasteiger partial charge in [-0.25, -0.2) is 4.98 Å². The van der Waals surface area contributed by atoms with Crippen LogP contribution >= 0.6 is 0 Å². The van der Waals surface area contributed by atoms with Crippen molar-refractivity contribution >= 4 is 11.7 Å². The standard InChI is InChI=1S/C13H21N3O/c1-5-9(3)16(4)13(17)10-7-11(6-2)15-12(14)8-10/h7-9H,5-6H2,1-4H3,(H2,14,15). The summed E-state index contributed by atoms with van der Waals surface area (Å²) in [5.74, 6) is 0.411. The maximum absolute atomic E-state index is 12.2. The molecule has 0 aliphatic heterocycles. The number of carbonyl (C=O) groups excluding carboxylic acids is 1. The molecule has 0 saturated heterocycles. The molecule has 2 N–H and O–H groups in total. The first kappa shape index (κ1) is 13.5. The summed E-state index contributed by atoms with van der Waals surface area (Å²) in [6.45, 7) is 6.09. The van der Waals surface area contributed by atoms with Crippen LogP contribution in [-0.2, 0) is 6.42 Å². The summed E-state index contributed by atoms with van der Waals surface area (Å²) in [5, 5.41) is 0. The van der Waals surface area contributed by atoms with E-state index in [0.29, 0.717) is 11.4 Å². The second kappa shape index (κ2) is 5.66. The van der Waals surface area contributed by atoms with Gasteiger partial charge in [0.1, 0.15) is 5.82 Å². The molecule has 0 aliphatic carbocycles. The molecule has 0 saturated carbocycles. The zero-order valence-corrected chi connectivity index (χ0v) is 11.0. The fraction of sp³-hybridized carbons (Fsp3) is 0.538. The average molecular weight is 235 g/mol. The van der Waals surface area contributed by atoms with Gasteiger partial charge in [-0.05, 0) is 31.9 Å². The fourth-order valence-electron chi connectivity index (χ4n) is 1.59. The highest BCUT2D eigenvalue weighted by Gasteiger charge is 2.17. The number of carbonyl (C=O) groups is 1. The lowest BCUT2D eigenvalue weighted by Gasteiger charge is -2.24. The molecular weight excluding hydrogens is 214 g/mol. The third kappa shape index (κ3) is 3.19. The van der Waals surface area contributed by atoms with Crippen molar-refractivity contribution < 1.29 is 4.79 Å². The van der Waals surface area contributed by atoms with Gasteiger partial charge in [0.05, 0.1) is 0 Å². The number of hydrogen-bond donors (Lipinski definition) is 1. The van der Waals surface area contributed by atoms with Crippen molar-refractivity contribution in [2.75, 3.05) is 12.8 Å². The second-order valence-corrected chi connectivity index (χ2v) is 4.30. The van der Waals surface area contributed by atoms with Gasteiger partial charge in [0, 0.05) is 24.3 Å². The number of nitrogen functional groups attached to an aromatic ring is 1. The monoisotopic (exact) mass is 235 g/mol. The summed E-state index contributed by atoms with van der Waals surface area (Å²) < 4.78 is 0. The number of rotatable bonds is 4. The summed E-state index contributed by atoms with van der Waals surface area (Å²) in [6, 6.07) is 3.68. The highest BCUT2D eigenvalue weighted by Crippen LogP contribution is 2.13. The Kier molecular flexibility index (Phi) is 4.49. The van der Waals surface area contributed by atoms with Gasteiger partial charge in [-0.3, -0.25) is 4.79 Å². The average Bonchev–Trinajstić information content (AvgIpc) is 2.35. The van der Waals surface area contributed by atoms with E-state index in [2.05, 4.69) is 11.9 Å². The van der Waals surface area contributed by atoms with E-state index in [1.807, 2.05) is 27.0 Å². The summed E-state index contributed by atoms with van der Waals surface area (Å²) >= 11 is 0. The van der Waals surface area contributed by atoms with E-state index in [0.717, 1.165) is 18.5 Å². The number of anilines is 1. The molecule has 1 rings (SSSR count). The van der Waals surface area contributed by atoms with Gasteiger partial charge in [0.15, 0.2) is 0 Å². The van der Waals surface area contributed by atoms with Crippen LogP contribution in [0.4, 0.5) is 5.82 Å². The van der Waals surface area contributed by atoms with Crippen LogP contribution in [-0.4, -0.2) is 28.9 Å². The van der Waals surface area contributed by atoms with Gasteiger partial charge in [-0.15, -0.1) is 0 Å². The molecule has 94 valence electrons. The zero-order valence-electron chi connectivity index (χ0n) is 11.0. The first-order valence-corrected chi connectivity index (χ1v) is 6.03. The van der Waals surface area contributed by atoms with Crippen LogP contribution < -0.4 is 5.73 Å². The van der Waals surface area contributed by atoms with E-state index >= 15 is 0 Å². The molecule has 0 aliphatic rings. The summed E-state index contributed by atoms with van der Waals surface area (Å²) in [5.41, 5.74) is 7.17. The van der Waals surface area contributed by atoms with Crippen molar-refractivity contribution in [3.8, 4) is 0 Å². The molecule has 1 aromatic heterocycles. The summed E-state index contributed by atoms with van der Waals surface area (Å²) in [4.78, 5) is 18.1. The van der Waals surface area contributed by atoms with Gasteiger partial charge in [0.25, 0.3) is 5.91 Å². The molecule has 1 unspecified atom stereocenters. The third-order valence-electron chi connectivity index (χ3n) is 3.08. The SMILES string of the molecule is CCc1cc(C(=O)N(C)C(C)CC)cc(N)n1. The minimum absolute atomic E-state index is 0.00292. The Morgan fingerprint density at radius 3 is 2.65 bits per heavy atom. The first-order valence-electron chi connectivity index (χ1n) is 6.03. The van der Waals surface area contributed by atoms with Crippen LogP contribution in [0.15, 0.2) is 12.1 Å². The van der Waals surface area contributed by atoms with Gasteiger partial charge >= 0.3 is 0 Å². The van der Waals surface area contributed by atoms with E-state index in [-0.39, 0.29) is 11.9 Å². The Bertz CT molecular complexity index is 404. The lowest BCUT2D eigenvalue weighted by atomic mass is 10.1. The molecule has 0 radical (unpaired) electrons. The molecule has 0 fully saturated rings. The molecule has 17 heavy (non-hydrogen) atoms. The normalized spacial score (nSPS) is 12.2. The van der Waals surface area contributed by atoms with Crippen molar-refractivity contribution in [1.29, 1.82) is 0 Å². The Labute approximate surface area is 103 Å². The number of aromatic nitrogens is 1. The summed E-state index contributed by atoms with van der Waals surface area (Å²) in [6.07, 6.45) is 1.71. The Hall–Kier alpha value is -1.58. The predicted molar refractivity (Wildman–Crippen MR) is 69.9 cm³/mol. The van der Waals surface area contributed by atoms with Crippen molar-refractivity contribution in [3.63, 3.8) is 0 Å². The molecular formula is C13H21N3O. The molecule has 0 spiro atoms. The van der Waals surface area contributed by atoms with Crippen LogP contribution in [0.5, 0.6) is 0 Å². The van der Waals surface area contributed by atoms with Crippen LogP contribution in [0.1, 0.15) is 43.2 Å². The van der Waals surface area contributed by atoms with Crippen LogP contribution in [0.2, 0.25) is 0 Å². The summed E-state index contributed by atoms with van der Waals surface area (Å²) in [7, 11) is 1.82. The maximum atomic E-state index is 12.2. The maximum Gasteiger partial charge on any atom is 0.254 e. The predicted octanol–water partition coefficient (Wildman–Crippen LogP) is 2.10. The molecule has 0 bridgehead atoms. The molecule has 0 aromatic carbocycles. The van der Waals surface area contributed by atoms with E-state index in [4.69, 9.17) is 5.73 Å². The number of hydrogen-bond acceptors (Lipinski definition) is 3. The van der Waals surface area contributed by atoms with Crippen LogP contribution in [0.25, 0.3) is 0 Å². The topological polar surface area (TPSA) is 59.2 Å². The third-order valence-corrected chi connectivity index (χ3v) is 3.08. The molecule has 1 aromatic rings. The number of aryl methyl sites for hydroxylation is 1. The Morgan fingerprint density at radius 1 is 1.47 bits per heavy atom. The van der Waals surface area contributed by atoms with Gasteiger partial charge in [0.2, 0.25) is 0 Å². The quantitative estimate of drug-likeness (QED) is 0.869. The van der Waals surface area contributed by atoms with Crippen molar-refractivity contribution in [3.05, 3.63) is 23.4 Å². The number of nitrogens with two attached hydrogens (primary N) is 1. The van der Waals surface area contributed by atoms with Gasteiger partial charge < -0.3 is 10.6 Å². The number of amides is 1. The van der Waals surface area contributed by atoms with Crippen molar-refractivity contribution in [1.82, 2.24) is 9.88 Å². The molecule has 1 amide bonds. The minimum atomic E-state index is 0.00292. The molecule has 1 heterocycles. The largest absolute Gasteiger partial charge is 0.384 e. The zero-order chi connectivity index (χ0) is 13.0. The Balaban J connectivity index is 2.99. The van der Waals surface area contributed by atoms with E-state index < -0.39 is 0 Å². The molecule has 4 heteroatoms. The highest BCUT2D eigenvalue weighted by molar-refractivity contribution is 5.95. The number of pyridine rings is 1. The van der Waals surface area contributed by atoms with Crippen LogP contribution in [0.3, 0.4) is 0 Å². The lowest BCUT2D eigenvalue weighted by Crippen LogP contribution is -2.34. The Morgan fingerprint density at radius 2 is 2.12 bits per heavy atom. The van der Waals surface area contributed by atoms with E-state index in [1.165, 1.54) is 0 Å².